The highest BCUT2D eigenvalue weighted by Gasteiger charge is 2.18. The summed E-state index contributed by atoms with van der Waals surface area (Å²) in [5, 5.41) is 16.5. The van der Waals surface area contributed by atoms with Gasteiger partial charge in [0.1, 0.15) is 0 Å². The number of esters is 2. The first-order valence-corrected chi connectivity index (χ1v) is 10.4. The number of carbonyl (C=O) groups excluding carboxylic acids is 2. The van der Waals surface area contributed by atoms with Gasteiger partial charge in [0.2, 0.25) is 0 Å². The number of carbonyl (C=O) groups is 2. The SMILES string of the molecule is CCCCOC(=O)c1ccccc1C(=O)OCCCC.OCCOCCOCCO. The Balaban J connectivity index is 0.000000710. The largest absolute Gasteiger partial charge is 0.462 e. The van der Waals surface area contributed by atoms with Crippen LogP contribution in [0.25, 0.3) is 0 Å². The standard InChI is InChI=1S/C16H22O4.C6H14O4/c1-3-5-11-19-15(17)13-9-7-8-10-14(13)16(18)20-12-6-4-2;7-1-3-9-5-6-10-4-2-8/h7-10H,3-6,11-12H2,1-2H3;7-8H,1-6H2. The Morgan fingerprint density at radius 2 is 1.10 bits per heavy atom. The summed E-state index contributed by atoms with van der Waals surface area (Å²) in [6, 6.07) is 6.59. The summed E-state index contributed by atoms with van der Waals surface area (Å²) in [6.07, 6.45) is 3.53. The fourth-order valence-corrected chi connectivity index (χ4v) is 2.06. The first-order chi connectivity index (χ1) is 14.6. The maximum Gasteiger partial charge on any atom is 0.339 e. The Bertz CT molecular complexity index is 513. The summed E-state index contributed by atoms with van der Waals surface area (Å²) in [4.78, 5) is 23.9. The van der Waals surface area contributed by atoms with Crippen LogP contribution in [-0.2, 0) is 18.9 Å². The van der Waals surface area contributed by atoms with Gasteiger partial charge in [-0.3, -0.25) is 0 Å². The first-order valence-electron chi connectivity index (χ1n) is 10.4. The van der Waals surface area contributed by atoms with Gasteiger partial charge in [-0.1, -0.05) is 38.8 Å². The number of aliphatic hydroxyl groups is 2. The second-order valence-corrected chi connectivity index (χ2v) is 6.20. The van der Waals surface area contributed by atoms with Crippen molar-refractivity contribution in [1.29, 1.82) is 0 Å². The average molecular weight is 429 g/mol. The minimum atomic E-state index is -0.471. The third-order valence-electron chi connectivity index (χ3n) is 3.67. The van der Waals surface area contributed by atoms with Gasteiger partial charge in [-0.05, 0) is 25.0 Å². The molecule has 0 fully saturated rings. The predicted octanol–water partition coefficient (Wildman–Crippen LogP) is 2.60. The highest BCUT2D eigenvalue weighted by molar-refractivity contribution is 6.03. The van der Waals surface area contributed by atoms with Crippen molar-refractivity contribution in [2.75, 3.05) is 52.9 Å². The van der Waals surface area contributed by atoms with E-state index in [-0.39, 0.29) is 24.3 Å². The van der Waals surface area contributed by atoms with E-state index in [0.29, 0.717) is 39.6 Å². The molecule has 0 amide bonds. The van der Waals surface area contributed by atoms with Crippen LogP contribution in [0.15, 0.2) is 24.3 Å². The van der Waals surface area contributed by atoms with Gasteiger partial charge in [0, 0.05) is 0 Å². The minimum absolute atomic E-state index is 0.0417. The van der Waals surface area contributed by atoms with E-state index in [1.807, 2.05) is 13.8 Å². The number of aliphatic hydroxyl groups excluding tert-OH is 2. The molecule has 0 radical (unpaired) electrons. The van der Waals surface area contributed by atoms with Crippen molar-refractivity contribution < 1.29 is 38.7 Å². The summed E-state index contributed by atoms with van der Waals surface area (Å²) in [6.45, 7) is 6.51. The van der Waals surface area contributed by atoms with Gasteiger partial charge in [0.25, 0.3) is 0 Å². The highest BCUT2D eigenvalue weighted by atomic mass is 16.5. The number of benzene rings is 1. The summed E-state index contributed by atoms with van der Waals surface area (Å²) in [5.74, 6) is -0.942. The molecule has 0 saturated heterocycles. The van der Waals surface area contributed by atoms with Crippen LogP contribution in [-0.4, -0.2) is 75.0 Å². The number of rotatable bonds is 15. The zero-order valence-corrected chi connectivity index (χ0v) is 18.1. The van der Waals surface area contributed by atoms with Crippen LogP contribution >= 0.6 is 0 Å². The van der Waals surface area contributed by atoms with Gasteiger partial charge in [-0.25, -0.2) is 9.59 Å². The molecule has 0 aliphatic carbocycles. The Labute approximate surface area is 179 Å². The molecule has 172 valence electrons. The predicted molar refractivity (Wildman–Crippen MR) is 113 cm³/mol. The molecule has 0 atom stereocenters. The van der Waals surface area contributed by atoms with E-state index in [4.69, 9.17) is 29.2 Å². The molecule has 1 rings (SSSR count). The second-order valence-electron chi connectivity index (χ2n) is 6.20. The monoisotopic (exact) mass is 428 g/mol. The fourth-order valence-electron chi connectivity index (χ4n) is 2.06. The zero-order valence-electron chi connectivity index (χ0n) is 18.1. The van der Waals surface area contributed by atoms with Crippen molar-refractivity contribution in [2.45, 2.75) is 39.5 Å². The minimum Gasteiger partial charge on any atom is -0.462 e. The molecule has 0 spiro atoms. The zero-order chi connectivity index (χ0) is 22.5. The summed E-state index contributed by atoms with van der Waals surface area (Å²) in [5.41, 5.74) is 0.537. The van der Waals surface area contributed by atoms with Crippen molar-refractivity contribution >= 4 is 11.9 Å². The summed E-state index contributed by atoms with van der Waals surface area (Å²) < 4.78 is 20.0. The van der Waals surface area contributed by atoms with E-state index < -0.39 is 11.9 Å². The van der Waals surface area contributed by atoms with Crippen LogP contribution in [0.3, 0.4) is 0 Å². The number of unbranched alkanes of at least 4 members (excludes halogenated alkanes) is 2. The molecule has 0 saturated carbocycles. The lowest BCUT2D eigenvalue weighted by molar-refractivity contribution is 0.0222. The molecule has 0 bridgehead atoms. The highest BCUT2D eigenvalue weighted by Crippen LogP contribution is 2.12. The summed E-state index contributed by atoms with van der Waals surface area (Å²) >= 11 is 0. The quantitative estimate of drug-likeness (QED) is 0.324. The molecule has 8 nitrogen and oxygen atoms in total. The molecule has 8 heteroatoms. The van der Waals surface area contributed by atoms with E-state index in [1.54, 1.807) is 24.3 Å². The Kier molecular flexibility index (Phi) is 18.9. The molecule has 0 aromatic heterocycles. The van der Waals surface area contributed by atoms with Crippen LogP contribution in [0.2, 0.25) is 0 Å². The van der Waals surface area contributed by atoms with E-state index in [9.17, 15) is 9.59 Å². The molecule has 0 heterocycles. The van der Waals surface area contributed by atoms with Gasteiger partial charge in [0.05, 0.1) is 64.0 Å². The molecule has 2 N–H and O–H groups in total. The van der Waals surface area contributed by atoms with Crippen molar-refractivity contribution in [2.24, 2.45) is 0 Å². The third kappa shape index (κ3) is 14.1. The average Bonchev–Trinajstić information content (AvgIpc) is 2.77. The van der Waals surface area contributed by atoms with Crippen LogP contribution < -0.4 is 0 Å². The van der Waals surface area contributed by atoms with Crippen LogP contribution in [0, 0.1) is 0 Å². The lowest BCUT2D eigenvalue weighted by atomic mass is 10.1. The molecule has 1 aromatic carbocycles. The Morgan fingerprint density at radius 1 is 0.700 bits per heavy atom. The van der Waals surface area contributed by atoms with Gasteiger partial charge >= 0.3 is 11.9 Å². The Hall–Kier alpha value is -2.00. The lowest BCUT2D eigenvalue weighted by Crippen LogP contribution is -2.14. The topological polar surface area (TPSA) is 112 Å². The molecule has 0 unspecified atom stereocenters. The van der Waals surface area contributed by atoms with Crippen LogP contribution in [0.5, 0.6) is 0 Å². The number of hydrogen-bond acceptors (Lipinski definition) is 8. The van der Waals surface area contributed by atoms with Crippen LogP contribution in [0.4, 0.5) is 0 Å². The first kappa shape index (κ1) is 28.0. The van der Waals surface area contributed by atoms with Crippen LogP contribution in [0.1, 0.15) is 60.2 Å². The molecule has 30 heavy (non-hydrogen) atoms. The van der Waals surface area contributed by atoms with Gasteiger partial charge in [0.15, 0.2) is 0 Å². The van der Waals surface area contributed by atoms with Crippen molar-refractivity contribution in [3.05, 3.63) is 35.4 Å². The van der Waals surface area contributed by atoms with Crippen molar-refractivity contribution in [3.8, 4) is 0 Å². The molecule has 0 aliphatic rings. The van der Waals surface area contributed by atoms with E-state index >= 15 is 0 Å². The van der Waals surface area contributed by atoms with E-state index in [0.717, 1.165) is 25.7 Å². The maximum atomic E-state index is 11.9. The lowest BCUT2D eigenvalue weighted by Gasteiger charge is -2.09. The fraction of sp³-hybridized carbons (Fsp3) is 0.636. The molecule has 0 aliphatic heterocycles. The maximum absolute atomic E-state index is 11.9. The smallest absolute Gasteiger partial charge is 0.339 e. The molecular weight excluding hydrogens is 392 g/mol. The third-order valence-corrected chi connectivity index (χ3v) is 3.67. The van der Waals surface area contributed by atoms with E-state index in [2.05, 4.69) is 0 Å². The van der Waals surface area contributed by atoms with Gasteiger partial charge in [-0.15, -0.1) is 0 Å². The molecule has 1 aromatic rings. The number of hydrogen-bond donors (Lipinski definition) is 2. The second kappa shape index (κ2) is 20.3. The van der Waals surface area contributed by atoms with Crippen molar-refractivity contribution in [1.82, 2.24) is 0 Å². The van der Waals surface area contributed by atoms with E-state index in [1.165, 1.54) is 0 Å². The molecular formula is C22H36O8. The normalized spacial score (nSPS) is 10.1. The summed E-state index contributed by atoms with van der Waals surface area (Å²) in [7, 11) is 0. The Morgan fingerprint density at radius 3 is 1.43 bits per heavy atom. The van der Waals surface area contributed by atoms with Gasteiger partial charge in [-0.2, -0.15) is 0 Å². The van der Waals surface area contributed by atoms with Gasteiger partial charge < -0.3 is 29.2 Å². The number of ether oxygens (including phenoxy) is 4. The van der Waals surface area contributed by atoms with Crippen molar-refractivity contribution in [3.63, 3.8) is 0 Å².